The Hall–Kier alpha value is -0.540. The van der Waals surface area contributed by atoms with E-state index in [0.29, 0.717) is 0 Å². The number of ether oxygens (including phenoxy) is 2. The van der Waals surface area contributed by atoms with E-state index in [9.17, 15) is 25.5 Å². The third kappa shape index (κ3) is 3.45. The summed E-state index contributed by atoms with van der Waals surface area (Å²) in [5.74, 6) is 0.406. The van der Waals surface area contributed by atoms with Crippen LogP contribution in [-0.4, -0.2) is 75.6 Å². The second kappa shape index (κ2) is 7.95. The van der Waals surface area contributed by atoms with Crippen molar-refractivity contribution < 1.29 is 35.0 Å². The first-order valence-corrected chi connectivity index (χ1v) is 10.3. The van der Waals surface area contributed by atoms with Gasteiger partial charge in [-0.1, -0.05) is 32.4 Å². The molecule has 0 aromatic rings. The highest BCUT2D eigenvalue weighted by Gasteiger charge is 2.57. The molecular formula is C21H36O7. The van der Waals surface area contributed by atoms with Gasteiger partial charge in [0.25, 0.3) is 0 Å². The molecule has 0 radical (unpaired) electrons. The molecule has 2 fully saturated rings. The van der Waals surface area contributed by atoms with Crippen molar-refractivity contribution >= 4 is 0 Å². The molecule has 1 aliphatic heterocycles. The molecule has 1 heterocycles. The molecule has 5 N–H and O–H groups in total. The van der Waals surface area contributed by atoms with Crippen LogP contribution >= 0.6 is 0 Å². The number of allylic oxidation sites excluding steroid dienone is 1. The monoisotopic (exact) mass is 400 g/mol. The number of rotatable bonds is 4. The zero-order valence-corrected chi connectivity index (χ0v) is 17.3. The van der Waals surface area contributed by atoms with Crippen molar-refractivity contribution in [1.29, 1.82) is 0 Å². The summed E-state index contributed by atoms with van der Waals surface area (Å²) in [6.07, 6.45) is -1.80. The van der Waals surface area contributed by atoms with Gasteiger partial charge < -0.3 is 35.0 Å². The second-order valence-corrected chi connectivity index (χ2v) is 9.66. The van der Waals surface area contributed by atoms with Crippen molar-refractivity contribution in [1.82, 2.24) is 0 Å². The van der Waals surface area contributed by atoms with Gasteiger partial charge in [0.2, 0.25) is 0 Å². The average Bonchev–Trinajstić information content (AvgIpc) is 2.64. The van der Waals surface area contributed by atoms with Crippen LogP contribution in [0.5, 0.6) is 0 Å². The largest absolute Gasteiger partial charge is 0.396 e. The molecule has 7 nitrogen and oxygen atoms in total. The van der Waals surface area contributed by atoms with Crippen LogP contribution in [0.2, 0.25) is 0 Å². The van der Waals surface area contributed by atoms with Crippen molar-refractivity contribution in [3.63, 3.8) is 0 Å². The Bertz CT molecular complexity index is 589. The predicted octanol–water partition coefficient (Wildman–Crippen LogP) is 0.572. The first-order chi connectivity index (χ1) is 13.1. The maximum atomic E-state index is 10.3. The molecule has 7 heteroatoms. The summed E-state index contributed by atoms with van der Waals surface area (Å²) in [7, 11) is 0. The van der Waals surface area contributed by atoms with Crippen LogP contribution < -0.4 is 0 Å². The van der Waals surface area contributed by atoms with Crippen LogP contribution in [0.15, 0.2) is 11.6 Å². The van der Waals surface area contributed by atoms with Gasteiger partial charge in [-0.05, 0) is 42.9 Å². The molecule has 1 saturated heterocycles. The molecule has 0 spiro atoms. The topological polar surface area (TPSA) is 120 Å². The Morgan fingerprint density at radius 2 is 1.75 bits per heavy atom. The molecule has 0 aromatic heterocycles. The third-order valence-electron chi connectivity index (χ3n) is 7.82. The van der Waals surface area contributed by atoms with E-state index in [1.165, 1.54) is 5.57 Å². The minimum absolute atomic E-state index is 0.0354. The van der Waals surface area contributed by atoms with Crippen LogP contribution in [0.3, 0.4) is 0 Å². The fraction of sp³-hybridized carbons (Fsp3) is 0.905. The number of hydrogen-bond donors (Lipinski definition) is 5. The molecule has 1 saturated carbocycles. The first-order valence-electron chi connectivity index (χ1n) is 10.3. The highest BCUT2D eigenvalue weighted by atomic mass is 16.7. The summed E-state index contributed by atoms with van der Waals surface area (Å²) >= 11 is 0. The molecule has 162 valence electrons. The van der Waals surface area contributed by atoms with Crippen molar-refractivity contribution in [2.24, 2.45) is 22.7 Å². The molecule has 9 atom stereocenters. The fourth-order valence-electron chi connectivity index (χ4n) is 5.96. The lowest BCUT2D eigenvalue weighted by molar-refractivity contribution is -0.327. The molecule has 2 aliphatic carbocycles. The summed E-state index contributed by atoms with van der Waals surface area (Å²) in [6, 6.07) is 0. The number of hydrogen-bond acceptors (Lipinski definition) is 7. The van der Waals surface area contributed by atoms with Crippen LogP contribution in [-0.2, 0) is 9.47 Å². The Kier molecular flexibility index (Phi) is 6.29. The van der Waals surface area contributed by atoms with E-state index in [-0.39, 0.29) is 35.4 Å². The molecule has 0 unspecified atom stereocenters. The van der Waals surface area contributed by atoms with Gasteiger partial charge in [-0.3, -0.25) is 0 Å². The second-order valence-electron chi connectivity index (χ2n) is 9.66. The van der Waals surface area contributed by atoms with Crippen molar-refractivity contribution in [3.05, 3.63) is 11.6 Å². The molecule has 0 amide bonds. The SMILES string of the molecule is CC1=CC[C@@H]2C(C)(C)[C@@H](O[C@@H]3O[C@H](CO)[C@@H](O)[C@H](O)[C@H]3O)CC[C@]2(C)[C@H]1CO. The van der Waals surface area contributed by atoms with E-state index in [1.54, 1.807) is 0 Å². The maximum absolute atomic E-state index is 10.3. The molecular weight excluding hydrogens is 364 g/mol. The molecule has 3 rings (SSSR count). The van der Waals surface area contributed by atoms with Crippen LogP contribution in [0.25, 0.3) is 0 Å². The lowest BCUT2D eigenvalue weighted by Gasteiger charge is -2.59. The van der Waals surface area contributed by atoms with Gasteiger partial charge in [-0.25, -0.2) is 0 Å². The van der Waals surface area contributed by atoms with E-state index >= 15 is 0 Å². The van der Waals surface area contributed by atoms with Crippen LogP contribution in [0, 0.1) is 22.7 Å². The van der Waals surface area contributed by atoms with Crippen LogP contribution in [0.1, 0.15) is 47.0 Å². The zero-order chi connectivity index (χ0) is 20.9. The lowest BCUT2D eigenvalue weighted by Crippen LogP contribution is -2.62. The van der Waals surface area contributed by atoms with Crippen molar-refractivity contribution in [2.45, 2.75) is 83.8 Å². The van der Waals surface area contributed by atoms with Crippen molar-refractivity contribution in [3.8, 4) is 0 Å². The summed E-state index contributed by atoms with van der Waals surface area (Å²) in [4.78, 5) is 0. The lowest BCUT2D eigenvalue weighted by atomic mass is 9.48. The normalized spacial score (nSPS) is 48.7. The Morgan fingerprint density at radius 3 is 2.36 bits per heavy atom. The minimum atomic E-state index is -1.44. The highest BCUT2D eigenvalue weighted by molar-refractivity contribution is 5.19. The molecule has 0 aromatic carbocycles. The smallest absolute Gasteiger partial charge is 0.186 e. The van der Waals surface area contributed by atoms with E-state index in [4.69, 9.17) is 9.47 Å². The molecule has 28 heavy (non-hydrogen) atoms. The average molecular weight is 401 g/mol. The van der Waals surface area contributed by atoms with E-state index in [2.05, 4.69) is 33.8 Å². The maximum Gasteiger partial charge on any atom is 0.186 e. The summed E-state index contributed by atoms with van der Waals surface area (Å²) in [6.45, 7) is 8.29. The quantitative estimate of drug-likeness (QED) is 0.438. The molecule has 3 aliphatic rings. The summed E-state index contributed by atoms with van der Waals surface area (Å²) in [5, 5.41) is 49.8. The molecule has 0 bridgehead atoms. The van der Waals surface area contributed by atoms with E-state index in [1.807, 2.05) is 0 Å². The number of aliphatic hydroxyl groups is 5. The van der Waals surface area contributed by atoms with Gasteiger partial charge in [-0.15, -0.1) is 0 Å². The summed E-state index contributed by atoms with van der Waals surface area (Å²) < 4.78 is 11.7. The first kappa shape index (κ1) is 22.2. The minimum Gasteiger partial charge on any atom is -0.396 e. The standard InChI is InChI=1S/C21H36O7/c1-11-5-6-14-20(2,3)15(7-8-21(14,4)12(11)9-22)28-19-18(26)17(25)16(24)13(10-23)27-19/h5,12-19,22-26H,6-10H2,1-4H3/t12-,13+,14+,15-,16+,17-,18+,19-,21+/m0/s1. The van der Waals surface area contributed by atoms with Gasteiger partial charge in [-0.2, -0.15) is 0 Å². The number of fused-ring (bicyclic) bond motifs is 1. The van der Waals surface area contributed by atoms with Gasteiger partial charge in [0.05, 0.1) is 19.3 Å². The van der Waals surface area contributed by atoms with Crippen LogP contribution in [0.4, 0.5) is 0 Å². The number of aliphatic hydroxyl groups excluding tert-OH is 5. The van der Waals surface area contributed by atoms with E-state index in [0.717, 1.165) is 19.3 Å². The van der Waals surface area contributed by atoms with Gasteiger partial charge in [0.15, 0.2) is 6.29 Å². The van der Waals surface area contributed by atoms with Gasteiger partial charge >= 0.3 is 0 Å². The third-order valence-corrected chi connectivity index (χ3v) is 7.82. The predicted molar refractivity (Wildman–Crippen MR) is 102 cm³/mol. The zero-order valence-electron chi connectivity index (χ0n) is 17.3. The van der Waals surface area contributed by atoms with Gasteiger partial charge in [0.1, 0.15) is 24.4 Å². The fourth-order valence-corrected chi connectivity index (χ4v) is 5.96. The Labute approximate surface area is 167 Å². The Morgan fingerprint density at radius 1 is 1.07 bits per heavy atom. The van der Waals surface area contributed by atoms with E-state index < -0.39 is 37.3 Å². The highest BCUT2D eigenvalue weighted by Crippen LogP contribution is 2.60. The van der Waals surface area contributed by atoms with Crippen molar-refractivity contribution in [2.75, 3.05) is 13.2 Å². The summed E-state index contributed by atoms with van der Waals surface area (Å²) in [5.41, 5.74) is 0.952. The Balaban J connectivity index is 1.80. The van der Waals surface area contributed by atoms with Gasteiger partial charge in [0, 0.05) is 5.92 Å².